The highest BCUT2D eigenvalue weighted by atomic mass is 16.3. The van der Waals surface area contributed by atoms with E-state index >= 15 is 0 Å². The zero-order chi connectivity index (χ0) is 28.1. The van der Waals surface area contributed by atoms with E-state index in [4.69, 9.17) is 9.40 Å². The second kappa shape index (κ2) is 9.95. The van der Waals surface area contributed by atoms with Crippen molar-refractivity contribution in [3.63, 3.8) is 0 Å². The Kier molecular flexibility index (Phi) is 5.94. The lowest BCUT2D eigenvalue weighted by Gasteiger charge is -2.68. The van der Waals surface area contributed by atoms with Crippen LogP contribution >= 0.6 is 0 Å². The summed E-state index contributed by atoms with van der Waals surface area (Å²) >= 11 is 0. The first-order valence-electron chi connectivity index (χ1n) is 18.2. The molecule has 43 heavy (non-hydrogen) atoms. The highest BCUT2D eigenvalue weighted by molar-refractivity contribution is 6.06. The van der Waals surface area contributed by atoms with Gasteiger partial charge in [0.15, 0.2) is 0 Å². The van der Waals surface area contributed by atoms with Crippen molar-refractivity contribution in [1.29, 1.82) is 0 Å². The van der Waals surface area contributed by atoms with E-state index < -0.39 is 0 Å². The maximum Gasteiger partial charge on any atom is 0.135 e. The molecule has 8 atom stereocenters. The quantitative estimate of drug-likeness (QED) is 0.240. The van der Waals surface area contributed by atoms with Gasteiger partial charge in [-0.05, 0) is 147 Å². The van der Waals surface area contributed by atoms with Crippen LogP contribution in [0.5, 0.6) is 0 Å². The Bertz CT molecular complexity index is 1620. The average molecular weight is 570 g/mol. The molecule has 2 nitrogen and oxygen atoms in total. The van der Waals surface area contributed by atoms with Crippen molar-refractivity contribution < 1.29 is 4.42 Å². The number of pyridine rings is 1. The van der Waals surface area contributed by atoms with Gasteiger partial charge in [0, 0.05) is 27.9 Å². The zero-order valence-electron chi connectivity index (χ0n) is 25.7. The summed E-state index contributed by atoms with van der Waals surface area (Å²) in [6.45, 7) is 0. The van der Waals surface area contributed by atoms with Crippen LogP contribution in [0.3, 0.4) is 0 Å². The van der Waals surface area contributed by atoms with Gasteiger partial charge in [-0.3, -0.25) is 4.98 Å². The Morgan fingerprint density at radius 2 is 1.12 bits per heavy atom. The van der Waals surface area contributed by atoms with Gasteiger partial charge in [0.25, 0.3) is 0 Å². The van der Waals surface area contributed by atoms with Gasteiger partial charge in [-0.25, -0.2) is 0 Å². The molecule has 6 fully saturated rings. The summed E-state index contributed by atoms with van der Waals surface area (Å²) in [5.41, 5.74) is 5.69. The number of fused-ring (bicyclic) bond motifs is 9. The summed E-state index contributed by atoms with van der Waals surface area (Å²) in [6.07, 6.45) is 19.6. The van der Waals surface area contributed by atoms with E-state index in [0.29, 0.717) is 5.92 Å². The first kappa shape index (κ1) is 25.7. The summed E-state index contributed by atoms with van der Waals surface area (Å²) in [5.74, 6) is 10.9. The highest BCUT2D eigenvalue weighted by Crippen LogP contribution is 2.70. The fraction of sp³-hybridized carbons (Fsp3) is 0.585. The fourth-order valence-corrected chi connectivity index (χ4v) is 13.2. The molecule has 6 aliphatic rings. The summed E-state index contributed by atoms with van der Waals surface area (Å²) < 4.78 is 6.14. The van der Waals surface area contributed by atoms with E-state index in [-0.39, 0.29) is 0 Å². The Morgan fingerprint density at radius 1 is 0.512 bits per heavy atom. The highest BCUT2D eigenvalue weighted by Gasteiger charge is 2.63. The van der Waals surface area contributed by atoms with Gasteiger partial charge in [-0.1, -0.05) is 56.4 Å². The monoisotopic (exact) mass is 569 g/mol. The van der Waals surface area contributed by atoms with Gasteiger partial charge in [-0.15, -0.1) is 0 Å². The van der Waals surface area contributed by atoms with Gasteiger partial charge in [0.05, 0.1) is 5.69 Å². The molecule has 0 aliphatic heterocycles. The van der Waals surface area contributed by atoms with Crippen LogP contribution in [-0.2, 0) is 0 Å². The van der Waals surface area contributed by atoms with Gasteiger partial charge in [-0.2, -0.15) is 0 Å². The summed E-state index contributed by atoms with van der Waals surface area (Å²) in [7, 11) is 0. The third-order valence-corrected chi connectivity index (χ3v) is 14.4. The molecule has 8 unspecified atom stereocenters. The molecule has 2 heterocycles. The van der Waals surface area contributed by atoms with Crippen molar-refractivity contribution in [2.24, 2.45) is 59.2 Å². The average Bonchev–Trinajstić information content (AvgIpc) is 3.46. The lowest BCUT2D eigenvalue weighted by Crippen LogP contribution is -2.61. The molecule has 222 valence electrons. The minimum absolute atomic E-state index is 0.631. The van der Waals surface area contributed by atoms with Crippen molar-refractivity contribution in [3.05, 3.63) is 66.4 Å². The molecular formula is C41H47NO. The third kappa shape index (κ3) is 3.86. The second-order valence-corrected chi connectivity index (χ2v) is 15.9. The number of rotatable bonds is 2. The molecule has 0 N–H and O–H groups in total. The predicted octanol–water partition coefficient (Wildman–Crippen LogP) is 11.0. The molecule has 6 aliphatic carbocycles. The van der Waals surface area contributed by atoms with Crippen LogP contribution in [-0.4, -0.2) is 4.98 Å². The Hall–Kier alpha value is -2.61. The minimum Gasteiger partial charge on any atom is -0.456 e. The summed E-state index contributed by atoms with van der Waals surface area (Å²) in [5, 5.41) is 2.40. The van der Waals surface area contributed by atoms with Crippen LogP contribution < -0.4 is 0 Å². The van der Waals surface area contributed by atoms with Crippen molar-refractivity contribution in [2.75, 3.05) is 0 Å². The molecule has 2 aromatic heterocycles. The van der Waals surface area contributed by atoms with Crippen LogP contribution in [0.25, 0.3) is 33.2 Å². The predicted molar refractivity (Wildman–Crippen MR) is 175 cm³/mol. The number of nitrogens with zero attached hydrogens (tertiary/aromatic N) is 1. The second-order valence-electron chi connectivity index (χ2n) is 15.9. The van der Waals surface area contributed by atoms with Crippen molar-refractivity contribution in [3.8, 4) is 11.3 Å². The standard InChI is InChI=1S/C41H47NO/c1-3-11-28-26(9-1)31-14-7-15-32-27-10-2-4-12-29(27)35-23-25(22-34(28)41(35)40(31)32)37-17-8-16-36(42-37)24-19-20-39-33(21-24)30-13-5-6-18-38(30)43-39/h5-6,8,13,16-21,25-29,31-32,34-35,40-41H,1-4,7,9-12,14-15,22-23H2. The molecule has 0 bridgehead atoms. The van der Waals surface area contributed by atoms with Crippen LogP contribution in [0, 0.1) is 59.2 Å². The smallest absolute Gasteiger partial charge is 0.135 e. The molecule has 10 rings (SSSR count). The van der Waals surface area contributed by atoms with Gasteiger partial charge >= 0.3 is 0 Å². The van der Waals surface area contributed by atoms with Crippen LogP contribution in [0.4, 0.5) is 0 Å². The topological polar surface area (TPSA) is 26.0 Å². The normalized spacial score (nSPS) is 40.0. The number of aromatic nitrogens is 1. The Morgan fingerprint density at radius 3 is 1.84 bits per heavy atom. The number of hydrogen-bond donors (Lipinski definition) is 0. The first-order chi connectivity index (χ1) is 21.3. The SMILES string of the molecule is c1cc(-c2ccc3oc4ccccc4c3c2)nc(C2CC3C4CCCCC4C4CCCC5C6CCCCC6C(C2)C3C45)c1. The van der Waals surface area contributed by atoms with Crippen molar-refractivity contribution in [2.45, 2.75) is 89.4 Å². The van der Waals surface area contributed by atoms with E-state index in [1.807, 2.05) is 0 Å². The van der Waals surface area contributed by atoms with Crippen molar-refractivity contribution in [1.82, 2.24) is 4.98 Å². The molecule has 0 spiro atoms. The van der Waals surface area contributed by atoms with Crippen molar-refractivity contribution >= 4 is 21.9 Å². The van der Waals surface area contributed by atoms with E-state index in [2.05, 4.69) is 60.7 Å². The van der Waals surface area contributed by atoms with E-state index in [9.17, 15) is 0 Å². The summed E-state index contributed by atoms with van der Waals surface area (Å²) in [4.78, 5) is 5.52. The molecule has 0 saturated heterocycles. The lowest BCUT2D eigenvalue weighted by molar-refractivity contribution is -0.189. The molecular weight excluding hydrogens is 522 g/mol. The molecule has 0 amide bonds. The number of hydrogen-bond acceptors (Lipinski definition) is 2. The number of benzene rings is 2. The fourth-order valence-electron chi connectivity index (χ4n) is 13.2. The van der Waals surface area contributed by atoms with Gasteiger partial charge < -0.3 is 4.42 Å². The maximum absolute atomic E-state index is 6.14. The largest absolute Gasteiger partial charge is 0.456 e. The molecule has 2 heteroatoms. The molecule has 2 aromatic carbocycles. The molecule has 4 aromatic rings. The Balaban J connectivity index is 1.04. The van der Waals surface area contributed by atoms with Crippen LogP contribution in [0.2, 0.25) is 0 Å². The molecule has 6 saturated carbocycles. The first-order valence-corrected chi connectivity index (χ1v) is 18.2. The van der Waals surface area contributed by atoms with Gasteiger partial charge in [0.1, 0.15) is 11.2 Å². The number of furan rings is 1. The lowest BCUT2D eigenvalue weighted by atomic mass is 9.37. The van der Waals surface area contributed by atoms with Gasteiger partial charge in [0.2, 0.25) is 0 Å². The van der Waals surface area contributed by atoms with E-state index in [1.54, 1.807) is 32.1 Å². The minimum atomic E-state index is 0.631. The zero-order valence-corrected chi connectivity index (χ0v) is 25.7. The third-order valence-electron chi connectivity index (χ3n) is 14.4. The summed E-state index contributed by atoms with van der Waals surface area (Å²) in [6, 6.07) is 22.1. The molecule has 0 radical (unpaired) electrons. The maximum atomic E-state index is 6.14. The van der Waals surface area contributed by atoms with Crippen LogP contribution in [0.1, 0.15) is 95.1 Å². The number of para-hydroxylation sites is 1. The van der Waals surface area contributed by atoms with E-state index in [0.717, 1.165) is 76.0 Å². The van der Waals surface area contributed by atoms with Crippen LogP contribution in [0.15, 0.2) is 65.1 Å². The Labute approximate surface area is 257 Å². The van der Waals surface area contributed by atoms with E-state index in [1.165, 1.54) is 73.4 Å².